The predicted molar refractivity (Wildman–Crippen MR) is 99.1 cm³/mol. The second-order valence-electron chi connectivity index (χ2n) is 5.27. The fourth-order valence-corrected chi connectivity index (χ4v) is 5.43. The van der Waals surface area contributed by atoms with Crippen LogP contribution in [0.2, 0.25) is 0 Å². The summed E-state index contributed by atoms with van der Waals surface area (Å²) in [4.78, 5) is 13.5. The summed E-state index contributed by atoms with van der Waals surface area (Å²) in [6, 6.07) is 2.26. The fraction of sp³-hybridized carbons (Fsp3) is 0.467. The smallest absolute Gasteiger partial charge is 0.235 e. The van der Waals surface area contributed by atoms with Crippen molar-refractivity contribution in [2.75, 3.05) is 22.9 Å². The number of aromatic nitrogens is 2. The zero-order valence-electron chi connectivity index (χ0n) is 13.2. The van der Waals surface area contributed by atoms with Crippen molar-refractivity contribution in [2.24, 2.45) is 0 Å². The second-order valence-corrected chi connectivity index (χ2v) is 8.57. The Balaban J connectivity index is 1.60. The zero-order valence-corrected chi connectivity index (χ0v) is 15.7. The summed E-state index contributed by atoms with van der Waals surface area (Å²) in [7, 11) is 0. The lowest BCUT2D eigenvalue weighted by molar-refractivity contribution is -0.113. The quantitative estimate of drug-likeness (QED) is 0.746. The van der Waals surface area contributed by atoms with Crippen molar-refractivity contribution in [2.45, 2.75) is 36.9 Å². The maximum absolute atomic E-state index is 12.2. The Bertz CT molecular complexity index is 777. The summed E-state index contributed by atoms with van der Waals surface area (Å²) in [5.41, 5.74) is 1.79. The van der Waals surface area contributed by atoms with Gasteiger partial charge in [-0.2, -0.15) is 5.26 Å². The minimum Gasteiger partial charge on any atom is -0.360 e. The van der Waals surface area contributed by atoms with Gasteiger partial charge in [0.25, 0.3) is 0 Å². The first kappa shape index (κ1) is 17.2. The van der Waals surface area contributed by atoms with Gasteiger partial charge in [0.1, 0.15) is 11.1 Å². The maximum atomic E-state index is 12.2. The van der Waals surface area contributed by atoms with Gasteiger partial charge >= 0.3 is 0 Å². The Morgan fingerprint density at radius 1 is 1.33 bits per heavy atom. The van der Waals surface area contributed by atoms with E-state index in [0.717, 1.165) is 47.3 Å². The first-order valence-electron chi connectivity index (χ1n) is 7.76. The average Bonchev–Trinajstić information content (AvgIpc) is 3.17. The van der Waals surface area contributed by atoms with Crippen molar-refractivity contribution in [3.8, 4) is 6.07 Å². The van der Waals surface area contributed by atoms with Gasteiger partial charge < -0.3 is 10.6 Å². The van der Waals surface area contributed by atoms with Gasteiger partial charge in [0.2, 0.25) is 11.0 Å². The molecule has 126 valence electrons. The van der Waals surface area contributed by atoms with Crippen LogP contribution in [0.1, 0.15) is 35.8 Å². The Hall–Kier alpha value is -1.63. The number of nitrogens with zero attached hydrogens (tertiary/aromatic N) is 3. The third-order valence-electron chi connectivity index (χ3n) is 3.60. The topological polar surface area (TPSA) is 90.7 Å². The van der Waals surface area contributed by atoms with Gasteiger partial charge in [-0.1, -0.05) is 23.1 Å². The molecule has 0 bridgehead atoms. The molecule has 0 radical (unpaired) electrons. The summed E-state index contributed by atoms with van der Waals surface area (Å²) >= 11 is 4.34. The highest BCUT2D eigenvalue weighted by Crippen LogP contribution is 2.37. The van der Waals surface area contributed by atoms with Crippen molar-refractivity contribution >= 4 is 50.5 Å². The molecule has 1 aliphatic carbocycles. The molecule has 0 saturated carbocycles. The molecular weight excluding hydrogens is 362 g/mol. The molecule has 0 unspecified atom stereocenters. The number of nitrogens with one attached hydrogen (secondary N) is 2. The van der Waals surface area contributed by atoms with Crippen LogP contribution < -0.4 is 10.6 Å². The van der Waals surface area contributed by atoms with Gasteiger partial charge in [0.15, 0.2) is 4.34 Å². The number of thiophene rings is 1. The van der Waals surface area contributed by atoms with E-state index in [-0.39, 0.29) is 11.7 Å². The average molecular weight is 380 g/mol. The van der Waals surface area contributed by atoms with E-state index in [4.69, 9.17) is 0 Å². The number of thioether (sulfide) groups is 1. The third kappa shape index (κ3) is 3.88. The molecule has 2 aromatic rings. The van der Waals surface area contributed by atoms with Crippen LogP contribution in [-0.4, -0.2) is 28.4 Å². The van der Waals surface area contributed by atoms with Gasteiger partial charge in [0, 0.05) is 11.4 Å². The molecule has 2 heterocycles. The van der Waals surface area contributed by atoms with E-state index in [1.54, 1.807) is 11.3 Å². The van der Waals surface area contributed by atoms with Crippen LogP contribution in [0.3, 0.4) is 0 Å². The highest BCUT2D eigenvalue weighted by molar-refractivity contribution is 8.01. The Kier molecular flexibility index (Phi) is 5.71. The van der Waals surface area contributed by atoms with Crippen molar-refractivity contribution in [1.29, 1.82) is 5.26 Å². The predicted octanol–water partition coefficient (Wildman–Crippen LogP) is 3.51. The minimum atomic E-state index is -0.115. The number of aryl methyl sites for hydroxylation is 1. The third-order valence-corrected chi connectivity index (χ3v) is 6.82. The van der Waals surface area contributed by atoms with Crippen LogP contribution in [0.25, 0.3) is 0 Å². The van der Waals surface area contributed by atoms with Crippen molar-refractivity contribution in [1.82, 2.24) is 10.2 Å². The lowest BCUT2D eigenvalue weighted by Gasteiger charge is -2.09. The number of carbonyl (C=O) groups is 1. The Morgan fingerprint density at radius 3 is 2.96 bits per heavy atom. The monoisotopic (exact) mass is 379 g/mol. The number of amides is 1. The number of hydrogen-bond acceptors (Lipinski definition) is 8. The largest absolute Gasteiger partial charge is 0.360 e. The molecule has 1 amide bonds. The van der Waals surface area contributed by atoms with E-state index in [1.165, 1.54) is 28.0 Å². The molecule has 6 nitrogen and oxygen atoms in total. The van der Waals surface area contributed by atoms with E-state index < -0.39 is 0 Å². The van der Waals surface area contributed by atoms with E-state index >= 15 is 0 Å². The number of fused-ring (bicyclic) bond motifs is 1. The summed E-state index contributed by atoms with van der Waals surface area (Å²) in [6.45, 7) is 2.79. The Labute approximate surface area is 152 Å². The van der Waals surface area contributed by atoms with Crippen LogP contribution in [0, 0.1) is 11.3 Å². The van der Waals surface area contributed by atoms with Gasteiger partial charge in [-0.25, -0.2) is 0 Å². The number of nitriles is 1. The lowest BCUT2D eigenvalue weighted by atomic mass is 9.96. The summed E-state index contributed by atoms with van der Waals surface area (Å²) in [5, 5.41) is 24.9. The van der Waals surface area contributed by atoms with Crippen LogP contribution in [0.4, 0.5) is 10.1 Å². The standard InChI is InChI=1S/C15H17N5OS3/c1-2-17-14-19-20-15(24-14)22-8-12(21)18-13-10(7-16)9-5-3-4-6-11(9)23-13/h2-6,8H2,1H3,(H,17,19)(H,18,21). The number of anilines is 2. The highest BCUT2D eigenvalue weighted by atomic mass is 32.2. The number of rotatable bonds is 6. The van der Waals surface area contributed by atoms with E-state index in [0.29, 0.717) is 10.6 Å². The zero-order chi connectivity index (χ0) is 16.9. The number of hydrogen-bond donors (Lipinski definition) is 2. The summed E-state index contributed by atoms with van der Waals surface area (Å²) in [5.74, 6) is 0.143. The van der Waals surface area contributed by atoms with Crippen LogP contribution in [0.15, 0.2) is 4.34 Å². The summed E-state index contributed by atoms with van der Waals surface area (Å²) in [6.07, 6.45) is 4.23. The molecule has 0 saturated heterocycles. The first-order chi connectivity index (χ1) is 11.7. The molecule has 9 heteroatoms. The first-order valence-corrected chi connectivity index (χ1v) is 10.4. The molecule has 2 N–H and O–H groups in total. The molecule has 0 atom stereocenters. The van der Waals surface area contributed by atoms with Crippen molar-refractivity contribution in [3.63, 3.8) is 0 Å². The van der Waals surface area contributed by atoms with Crippen molar-refractivity contribution < 1.29 is 4.79 Å². The molecule has 0 aliphatic heterocycles. The molecule has 3 rings (SSSR count). The molecule has 2 aromatic heterocycles. The molecule has 1 aliphatic rings. The Morgan fingerprint density at radius 2 is 2.17 bits per heavy atom. The fourth-order valence-electron chi connectivity index (χ4n) is 2.55. The van der Waals surface area contributed by atoms with E-state index in [1.807, 2.05) is 6.92 Å². The van der Waals surface area contributed by atoms with Crippen LogP contribution in [0.5, 0.6) is 0 Å². The molecule has 0 aromatic carbocycles. The number of carbonyl (C=O) groups excluding carboxylic acids is 1. The normalized spacial score (nSPS) is 13.2. The second kappa shape index (κ2) is 7.96. The highest BCUT2D eigenvalue weighted by Gasteiger charge is 2.21. The van der Waals surface area contributed by atoms with Crippen molar-refractivity contribution in [3.05, 3.63) is 16.0 Å². The van der Waals surface area contributed by atoms with Gasteiger partial charge in [-0.05, 0) is 38.2 Å². The van der Waals surface area contributed by atoms with Crippen LogP contribution in [-0.2, 0) is 17.6 Å². The molecule has 0 fully saturated rings. The minimum absolute atomic E-state index is 0.115. The van der Waals surface area contributed by atoms with E-state index in [9.17, 15) is 10.1 Å². The van der Waals surface area contributed by atoms with Crippen LogP contribution >= 0.6 is 34.4 Å². The molecule has 0 spiro atoms. The SMILES string of the molecule is CCNc1nnc(SCC(=O)Nc2sc3c(c2C#N)CCCC3)s1. The molecular formula is C15H17N5OS3. The van der Waals surface area contributed by atoms with E-state index in [2.05, 4.69) is 26.9 Å². The molecule has 24 heavy (non-hydrogen) atoms. The van der Waals surface area contributed by atoms with Gasteiger partial charge in [0.05, 0.1) is 11.3 Å². The maximum Gasteiger partial charge on any atom is 0.235 e. The lowest BCUT2D eigenvalue weighted by Crippen LogP contribution is -2.13. The van der Waals surface area contributed by atoms with Gasteiger partial charge in [-0.3, -0.25) is 4.79 Å². The van der Waals surface area contributed by atoms with Gasteiger partial charge in [-0.15, -0.1) is 21.5 Å². The summed E-state index contributed by atoms with van der Waals surface area (Å²) < 4.78 is 0.757.